The fourth-order valence-electron chi connectivity index (χ4n) is 5.48. The Morgan fingerprint density at radius 2 is 1.77 bits per heavy atom. The Labute approximate surface area is 231 Å². The smallest absolute Gasteiger partial charge is 0.287 e. The first-order valence-corrected chi connectivity index (χ1v) is 14.0. The van der Waals surface area contributed by atoms with E-state index >= 15 is 0 Å². The number of hydrogen-bond donors (Lipinski definition) is 1. The maximum atomic E-state index is 13.4. The third kappa shape index (κ3) is 6.36. The van der Waals surface area contributed by atoms with Crippen LogP contribution in [0.3, 0.4) is 0 Å². The summed E-state index contributed by atoms with van der Waals surface area (Å²) in [6.45, 7) is 10.5. The molecule has 3 aromatic rings. The number of nitrogens with zero attached hydrogens (tertiary/aromatic N) is 2. The molecule has 0 aliphatic carbocycles. The van der Waals surface area contributed by atoms with Crippen molar-refractivity contribution in [1.29, 1.82) is 0 Å². The van der Waals surface area contributed by atoms with Crippen LogP contribution in [0.5, 0.6) is 5.75 Å². The van der Waals surface area contributed by atoms with Gasteiger partial charge in [0.2, 0.25) is 5.91 Å². The number of ether oxygens (including phenoxy) is 1. The number of furan rings is 1. The maximum Gasteiger partial charge on any atom is 0.287 e. The number of carbonyl (C=O) groups excluding carboxylic acids is 2. The molecule has 0 bridgehead atoms. The molecule has 0 spiro atoms. The highest BCUT2D eigenvalue weighted by molar-refractivity contribution is 5.91. The molecule has 39 heavy (non-hydrogen) atoms. The minimum absolute atomic E-state index is 0.134. The zero-order chi connectivity index (χ0) is 27.4. The number of amides is 2. The summed E-state index contributed by atoms with van der Waals surface area (Å²) >= 11 is 0. The van der Waals surface area contributed by atoms with Crippen LogP contribution in [0.15, 0.2) is 65.1 Å². The lowest BCUT2D eigenvalue weighted by Crippen LogP contribution is -2.45. The minimum Gasteiger partial charge on any atom is -0.486 e. The SMILES string of the molecule is CC(C)(C)C(=O)N1CCc2ccc(OCc3ccc(C(=O)NCCN4CCCC4)o3)cc2[C@H]1c1ccccc1. The Morgan fingerprint density at radius 3 is 2.51 bits per heavy atom. The van der Waals surface area contributed by atoms with Gasteiger partial charge in [0.25, 0.3) is 5.91 Å². The van der Waals surface area contributed by atoms with Crippen molar-refractivity contribution < 1.29 is 18.7 Å². The lowest BCUT2D eigenvalue weighted by Gasteiger charge is -2.41. The highest BCUT2D eigenvalue weighted by Gasteiger charge is 2.37. The van der Waals surface area contributed by atoms with Crippen molar-refractivity contribution in [3.8, 4) is 5.75 Å². The van der Waals surface area contributed by atoms with Crippen molar-refractivity contribution >= 4 is 11.8 Å². The van der Waals surface area contributed by atoms with E-state index in [1.165, 1.54) is 18.4 Å². The van der Waals surface area contributed by atoms with Crippen LogP contribution in [0.2, 0.25) is 0 Å². The predicted molar refractivity (Wildman–Crippen MR) is 151 cm³/mol. The number of likely N-dealkylation sites (tertiary alicyclic amines) is 1. The molecule has 5 rings (SSSR count). The van der Waals surface area contributed by atoms with Gasteiger partial charge in [-0.25, -0.2) is 0 Å². The number of benzene rings is 2. The van der Waals surface area contributed by atoms with E-state index in [-0.39, 0.29) is 24.5 Å². The van der Waals surface area contributed by atoms with Gasteiger partial charge in [-0.2, -0.15) is 0 Å². The first-order chi connectivity index (χ1) is 18.8. The molecule has 1 saturated heterocycles. The van der Waals surface area contributed by atoms with Gasteiger partial charge in [-0.15, -0.1) is 0 Å². The van der Waals surface area contributed by atoms with Gasteiger partial charge in [-0.3, -0.25) is 9.59 Å². The van der Waals surface area contributed by atoms with Crippen LogP contribution < -0.4 is 10.1 Å². The monoisotopic (exact) mass is 529 g/mol. The molecule has 206 valence electrons. The van der Waals surface area contributed by atoms with Gasteiger partial charge in [-0.05, 0) is 73.3 Å². The van der Waals surface area contributed by atoms with E-state index in [2.05, 4.69) is 28.4 Å². The Kier molecular flexibility index (Phi) is 8.07. The van der Waals surface area contributed by atoms with Crippen LogP contribution in [0.25, 0.3) is 0 Å². The lowest BCUT2D eigenvalue weighted by atomic mass is 9.85. The van der Waals surface area contributed by atoms with Crippen molar-refractivity contribution in [3.05, 3.63) is 88.9 Å². The van der Waals surface area contributed by atoms with Crippen molar-refractivity contribution in [2.45, 2.75) is 52.7 Å². The molecule has 2 aromatic carbocycles. The molecule has 2 aliphatic heterocycles. The third-order valence-electron chi connectivity index (χ3n) is 7.54. The van der Waals surface area contributed by atoms with E-state index in [1.807, 2.05) is 56.0 Å². The standard InChI is InChI=1S/C32H39N3O4/c1-32(2,3)31(37)35-19-15-23-11-12-25(21-27(23)29(35)24-9-5-4-6-10-24)38-22-26-13-14-28(39-26)30(36)33-16-20-34-17-7-8-18-34/h4-6,9-14,21,29H,7-8,15-20,22H2,1-3H3,(H,33,36)/t29-/m1/s1. The van der Waals surface area contributed by atoms with Gasteiger partial charge in [0.1, 0.15) is 18.1 Å². The number of rotatable bonds is 8. The molecule has 0 saturated carbocycles. The number of nitrogens with one attached hydrogen (secondary N) is 1. The van der Waals surface area contributed by atoms with Gasteiger partial charge >= 0.3 is 0 Å². The summed E-state index contributed by atoms with van der Waals surface area (Å²) in [6, 6.07) is 19.6. The molecule has 1 aromatic heterocycles. The largest absolute Gasteiger partial charge is 0.486 e. The summed E-state index contributed by atoms with van der Waals surface area (Å²) in [5.41, 5.74) is 2.91. The van der Waals surface area contributed by atoms with Crippen LogP contribution in [0.1, 0.15) is 72.7 Å². The Balaban J connectivity index is 1.27. The van der Waals surface area contributed by atoms with Gasteiger partial charge < -0.3 is 24.3 Å². The molecule has 7 nitrogen and oxygen atoms in total. The molecule has 1 fully saturated rings. The molecular weight excluding hydrogens is 490 g/mol. The Hall–Kier alpha value is -3.58. The van der Waals surface area contributed by atoms with Crippen molar-refractivity contribution in [1.82, 2.24) is 15.1 Å². The second-order valence-electron chi connectivity index (χ2n) is 11.5. The molecule has 2 amide bonds. The summed E-state index contributed by atoms with van der Waals surface area (Å²) in [7, 11) is 0. The quantitative estimate of drug-likeness (QED) is 0.434. The number of hydrogen-bond acceptors (Lipinski definition) is 5. The average Bonchev–Trinajstić information content (AvgIpc) is 3.63. The van der Waals surface area contributed by atoms with E-state index in [1.54, 1.807) is 12.1 Å². The Bertz CT molecular complexity index is 1290. The van der Waals surface area contributed by atoms with Gasteiger partial charge in [-0.1, -0.05) is 57.2 Å². The summed E-state index contributed by atoms with van der Waals surface area (Å²) in [4.78, 5) is 30.3. The average molecular weight is 530 g/mol. The number of fused-ring (bicyclic) bond motifs is 1. The van der Waals surface area contributed by atoms with E-state index in [9.17, 15) is 9.59 Å². The molecule has 1 N–H and O–H groups in total. The zero-order valence-electron chi connectivity index (χ0n) is 23.2. The fourth-order valence-corrected chi connectivity index (χ4v) is 5.48. The topological polar surface area (TPSA) is 75.0 Å². The Morgan fingerprint density at radius 1 is 1.00 bits per heavy atom. The van der Waals surface area contributed by atoms with Crippen LogP contribution in [0, 0.1) is 5.41 Å². The summed E-state index contributed by atoms with van der Waals surface area (Å²) in [5, 5.41) is 2.94. The van der Waals surface area contributed by atoms with Crippen LogP contribution in [0.4, 0.5) is 0 Å². The normalized spacial score (nSPS) is 17.6. The predicted octanol–water partition coefficient (Wildman–Crippen LogP) is 5.20. The van der Waals surface area contributed by atoms with Gasteiger partial charge in [0.05, 0.1) is 6.04 Å². The highest BCUT2D eigenvalue weighted by atomic mass is 16.5. The first kappa shape index (κ1) is 27.0. The van der Waals surface area contributed by atoms with Crippen LogP contribution >= 0.6 is 0 Å². The van der Waals surface area contributed by atoms with Crippen molar-refractivity contribution in [3.63, 3.8) is 0 Å². The third-order valence-corrected chi connectivity index (χ3v) is 7.54. The van der Waals surface area contributed by atoms with Gasteiger partial charge in [0, 0.05) is 25.0 Å². The molecule has 2 aliphatic rings. The van der Waals surface area contributed by atoms with Crippen LogP contribution in [-0.4, -0.2) is 54.3 Å². The lowest BCUT2D eigenvalue weighted by molar-refractivity contribution is -0.141. The zero-order valence-corrected chi connectivity index (χ0v) is 23.2. The fraction of sp³-hybridized carbons (Fsp3) is 0.438. The maximum absolute atomic E-state index is 13.4. The number of carbonyl (C=O) groups is 2. The first-order valence-electron chi connectivity index (χ1n) is 14.0. The van der Waals surface area contributed by atoms with Gasteiger partial charge in [0.15, 0.2) is 5.76 Å². The van der Waals surface area contributed by atoms with Crippen LogP contribution in [-0.2, 0) is 17.8 Å². The van der Waals surface area contributed by atoms with E-state index in [4.69, 9.17) is 9.15 Å². The summed E-state index contributed by atoms with van der Waals surface area (Å²) in [5.74, 6) is 1.51. The molecular formula is C32H39N3O4. The molecule has 1 atom stereocenters. The highest BCUT2D eigenvalue weighted by Crippen LogP contribution is 2.39. The summed E-state index contributed by atoms with van der Waals surface area (Å²) in [6.07, 6.45) is 3.27. The molecule has 0 unspecified atom stereocenters. The van der Waals surface area contributed by atoms with Crippen molar-refractivity contribution in [2.24, 2.45) is 5.41 Å². The van der Waals surface area contributed by atoms with Crippen molar-refractivity contribution in [2.75, 3.05) is 32.7 Å². The molecule has 3 heterocycles. The van der Waals surface area contributed by atoms with E-state index in [0.29, 0.717) is 30.4 Å². The second-order valence-corrected chi connectivity index (χ2v) is 11.5. The minimum atomic E-state index is -0.476. The molecule has 0 radical (unpaired) electrons. The molecule has 7 heteroatoms. The van der Waals surface area contributed by atoms with E-state index in [0.717, 1.165) is 37.2 Å². The van der Waals surface area contributed by atoms with E-state index < -0.39 is 5.41 Å². The summed E-state index contributed by atoms with van der Waals surface area (Å²) < 4.78 is 11.9. The second kappa shape index (κ2) is 11.7.